The highest BCUT2D eigenvalue weighted by Crippen LogP contribution is 2.18. The van der Waals surface area contributed by atoms with Gasteiger partial charge in [-0.25, -0.2) is 0 Å². The molecule has 12 heavy (non-hydrogen) atoms. The summed E-state index contributed by atoms with van der Waals surface area (Å²) in [4.78, 5) is 21.6. The summed E-state index contributed by atoms with van der Waals surface area (Å²) >= 11 is 5.29. The number of esters is 1. The van der Waals surface area contributed by atoms with Gasteiger partial charge in [0.25, 0.3) is 0 Å². The van der Waals surface area contributed by atoms with Crippen LogP contribution in [0.1, 0.15) is 20.3 Å². The Morgan fingerprint density at radius 1 is 1.42 bits per heavy atom. The van der Waals surface area contributed by atoms with Crippen LogP contribution >= 0.6 is 11.6 Å². The van der Waals surface area contributed by atoms with Gasteiger partial charge in [-0.3, -0.25) is 9.59 Å². The predicted molar refractivity (Wildman–Crippen MR) is 45.8 cm³/mol. The Balaban J connectivity index is 4.14. The lowest BCUT2D eigenvalue weighted by Crippen LogP contribution is -2.20. The molecule has 0 saturated carbocycles. The Hall–Kier alpha value is -0.570. The van der Waals surface area contributed by atoms with Crippen molar-refractivity contribution < 1.29 is 14.3 Å². The smallest absolute Gasteiger partial charge is 0.306 e. The first-order valence-electron chi connectivity index (χ1n) is 3.75. The number of rotatable bonds is 4. The molecule has 0 aromatic carbocycles. The molecule has 0 saturated heterocycles. The SMILES string of the molecule is COC(=O)C[C@H](C(=O)Cl)C(C)C. The zero-order valence-electron chi connectivity index (χ0n) is 7.46. The van der Waals surface area contributed by atoms with Crippen molar-refractivity contribution in [3.05, 3.63) is 0 Å². The summed E-state index contributed by atoms with van der Waals surface area (Å²) < 4.78 is 4.43. The van der Waals surface area contributed by atoms with Gasteiger partial charge in [0.15, 0.2) is 0 Å². The van der Waals surface area contributed by atoms with Gasteiger partial charge in [0.05, 0.1) is 13.5 Å². The van der Waals surface area contributed by atoms with Crippen LogP contribution in [0.2, 0.25) is 0 Å². The molecule has 0 fully saturated rings. The zero-order valence-corrected chi connectivity index (χ0v) is 8.22. The third-order valence-corrected chi connectivity index (χ3v) is 1.99. The highest BCUT2D eigenvalue weighted by atomic mass is 35.5. The highest BCUT2D eigenvalue weighted by molar-refractivity contribution is 6.64. The van der Waals surface area contributed by atoms with Crippen molar-refractivity contribution in [1.29, 1.82) is 0 Å². The van der Waals surface area contributed by atoms with Crippen LogP contribution < -0.4 is 0 Å². The van der Waals surface area contributed by atoms with Crippen molar-refractivity contribution in [3.63, 3.8) is 0 Å². The summed E-state index contributed by atoms with van der Waals surface area (Å²) in [5.74, 6) is -0.768. The van der Waals surface area contributed by atoms with Crippen LogP contribution in [0.25, 0.3) is 0 Å². The number of carbonyl (C=O) groups excluding carboxylic acids is 2. The molecule has 0 aliphatic rings. The number of ether oxygens (including phenoxy) is 1. The van der Waals surface area contributed by atoms with Gasteiger partial charge in [0.2, 0.25) is 5.24 Å². The summed E-state index contributed by atoms with van der Waals surface area (Å²) in [5, 5.41) is -0.476. The van der Waals surface area contributed by atoms with Crippen LogP contribution in [0.3, 0.4) is 0 Å². The minimum atomic E-state index is -0.476. The average molecular weight is 193 g/mol. The van der Waals surface area contributed by atoms with Crippen LogP contribution in [0.15, 0.2) is 0 Å². The lowest BCUT2D eigenvalue weighted by atomic mass is 9.94. The molecule has 0 spiro atoms. The summed E-state index contributed by atoms with van der Waals surface area (Å²) in [6, 6.07) is 0. The fourth-order valence-corrected chi connectivity index (χ4v) is 1.17. The Morgan fingerprint density at radius 2 is 1.92 bits per heavy atom. The molecule has 0 aliphatic heterocycles. The van der Waals surface area contributed by atoms with Gasteiger partial charge in [-0.15, -0.1) is 0 Å². The third kappa shape index (κ3) is 3.72. The molecule has 0 aromatic rings. The predicted octanol–water partition coefficient (Wildman–Crippen LogP) is 1.59. The van der Waals surface area contributed by atoms with Crippen molar-refractivity contribution >= 4 is 22.8 Å². The fraction of sp³-hybridized carbons (Fsp3) is 0.750. The van der Waals surface area contributed by atoms with Crippen molar-refractivity contribution in [2.24, 2.45) is 11.8 Å². The first-order valence-corrected chi connectivity index (χ1v) is 4.13. The first kappa shape index (κ1) is 11.4. The van der Waals surface area contributed by atoms with E-state index < -0.39 is 17.1 Å². The number of methoxy groups -OCH3 is 1. The number of hydrogen-bond donors (Lipinski definition) is 0. The minimum Gasteiger partial charge on any atom is -0.469 e. The molecule has 4 heteroatoms. The van der Waals surface area contributed by atoms with Gasteiger partial charge in [-0.05, 0) is 17.5 Å². The molecule has 0 amide bonds. The van der Waals surface area contributed by atoms with Crippen molar-refractivity contribution in [2.75, 3.05) is 7.11 Å². The van der Waals surface area contributed by atoms with E-state index in [0.29, 0.717) is 0 Å². The largest absolute Gasteiger partial charge is 0.469 e. The lowest BCUT2D eigenvalue weighted by molar-refractivity contribution is -0.143. The Bertz CT molecular complexity index is 177. The maximum atomic E-state index is 10.8. The van der Waals surface area contributed by atoms with E-state index in [1.54, 1.807) is 0 Å². The molecular formula is C8H13ClO3. The normalized spacial score (nSPS) is 12.8. The number of carbonyl (C=O) groups is 2. The van der Waals surface area contributed by atoms with Gasteiger partial charge in [0, 0.05) is 5.92 Å². The molecule has 0 unspecified atom stereocenters. The molecule has 70 valence electrons. The van der Waals surface area contributed by atoms with E-state index in [1.165, 1.54) is 7.11 Å². The molecule has 0 N–H and O–H groups in total. The van der Waals surface area contributed by atoms with Crippen LogP contribution in [-0.4, -0.2) is 18.3 Å². The molecule has 3 nitrogen and oxygen atoms in total. The maximum Gasteiger partial charge on any atom is 0.306 e. The van der Waals surface area contributed by atoms with Crippen LogP contribution in [-0.2, 0) is 14.3 Å². The van der Waals surface area contributed by atoms with E-state index in [1.807, 2.05) is 13.8 Å². The molecule has 0 rings (SSSR count). The maximum absolute atomic E-state index is 10.8. The first-order chi connectivity index (χ1) is 5.49. The summed E-state index contributed by atoms with van der Waals surface area (Å²) in [7, 11) is 1.29. The van der Waals surface area contributed by atoms with E-state index in [0.717, 1.165) is 0 Å². The minimum absolute atomic E-state index is 0.0640. The van der Waals surface area contributed by atoms with Crippen molar-refractivity contribution in [1.82, 2.24) is 0 Å². The monoisotopic (exact) mass is 192 g/mol. The highest BCUT2D eigenvalue weighted by Gasteiger charge is 2.23. The van der Waals surface area contributed by atoms with Crippen molar-refractivity contribution in [3.8, 4) is 0 Å². The van der Waals surface area contributed by atoms with Crippen LogP contribution in [0.5, 0.6) is 0 Å². The number of hydrogen-bond acceptors (Lipinski definition) is 3. The summed E-state index contributed by atoms with van der Waals surface area (Å²) in [5.41, 5.74) is 0. The topological polar surface area (TPSA) is 43.4 Å². The fourth-order valence-electron chi connectivity index (χ4n) is 0.841. The van der Waals surface area contributed by atoms with Gasteiger partial charge in [0.1, 0.15) is 0 Å². The summed E-state index contributed by atoms with van der Waals surface area (Å²) in [6.07, 6.45) is 0.0660. The lowest BCUT2D eigenvalue weighted by Gasteiger charge is -2.14. The van der Waals surface area contributed by atoms with Gasteiger partial charge < -0.3 is 4.74 Å². The van der Waals surface area contributed by atoms with E-state index in [4.69, 9.17) is 11.6 Å². The van der Waals surface area contributed by atoms with E-state index in [-0.39, 0.29) is 12.3 Å². The van der Waals surface area contributed by atoms with Crippen LogP contribution in [0, 0.1) is 11.8 Å². The van der Waals surface area contributed by atoms with Gasteiger partial charge >= 0.3 is 5.97 Å². The quantitative estimate of drug-likeness (QED) is 0.502. The molecule has 0 aromatic heterocycles. The van der Waals surface area contributed by atoms with E-state index in [9.17, 15) is 9.59 Å². The molecule has 0 bridgehead atoms. The molecular weight excluding hydrogens is 180 g/mol. The van der Waals surface area contributed by atoms with E-state index >= 15 is 0 Å². The standard InChI is InChI=1S/C8H13ClO3/c1-5(2)6(8(9)11)4-7(10)12-3/h5-6H,4H2,1-3H3/t6-/m0/s1. The molecule has 0 aliphatic carbocycles. The molecule has 0 heterocycles. The summed E-state index contributed by atoms with van der Waals surface area (Å²) in [6.45, 7) is 3.68. The molecule has 1 atom stereocenters. The zero-order chi connectivity index (χ0) is 9.72. The second-order valence-corrected chi connectivity index (χ2v) is 3.31. The average Bonchev–Trinajstić information content (AvgIpc) is 1.98. The van der Waals surface area contributed by atoms with Gasteiger partial charge in [-0.2, -0.15) is 0 Å². The Labute approximate surface area is 77.0 Å². The Kier molecular flexibility index (Phi) is 4.90. The van der Waals surface area contributed by atoms with Gasteiger partial charge in [-0.1, -0.05) is 13.8 Å². The number of halogens is 1. The van der Waals surface area contributed by atoms with Crippen molar-refractivity contribution in [2.45, 2.75) is 20.3 Å². The van der Waals surface area contributed by atoms with Crippen LogP contribution in [0.4, 0.5) is 0 Å². The Morgan fingerprint density at radius 3 is 2.17 bits per heavy atom. The second kappa shape index (κ2) is 5.14. The third-order valence-electron chi connectivity index (χ3n) is 1.71. The van der Waals surface area contributed by atoms with E-state index in [2.05, 4.69) is 4.74 Å². The second-order valence-electron chi connectivity index (χ2n) is 2.93. The molecule has 0 radical (unpaired) electrons.